The second kappa shape index (κ2) is 56.4. The van der Waals surface area contributed by atoms with Gasteiger partial charge in [0.2, 0.25) is 0 Å². The van der Waals surface area contributed by atoms with Gasteiger partial charge < -0.3 is 14.2 Å². The molecule has 0 aromatic heterocycles. The molecule has 0 radical (unpaired) electrons. The van der Waals surface area contributed by atoms with Crippen LogP contribution in [0.5, 0.6) is 0 Å². The van der Waals surface area contributed by atoms with Crippen LogP contribution >= 0.6 is 0 Å². The number of carbonyl (C=O) groups is 2. The van der Waals surface area contributed by atoms with Crippen molar-refractivity contribution in [3.05, 3.63) is 85.1 Å². The summed E-state index contributed by atoms with van der Waals surface area (Å²) in [6.45, 7) is 7.71. The summed E-state index contributed by atoms with van der Waals surface area (Å²) in [5, 5.41) is 0. The smallest absolute Gasteiger partial charge is 0.306 e. The average molecular weight is 920 g/mol. The standard InChI is InChI=1S/C61H106O5/c1-4-7-10-13-16-19-22-25-28-31-33-36-39-42-45-48-51-54-60(62)65-58-59(57-64-56-53-50-47-44-41-38-35-30-27-24-21-18-15-12-9-6-3)66-61(63)55-52-49-46-43-40-37-34-32-29-26-23-20-17-14-11-8-5-2/h16,19,25-26,28-29,33-34,36-37,42-43,45-46,59H,4-15,17-18,20-24,27,30-32,35,38-41,44,47-58H2,1-3H3/b19-16-,28-25-,29-26-,36-33-,37-34-,45-42-,46-43-/t59-/m1/s1. The van der Waals surface area contributed by atoms with Crippen LogP contribution in [0.4, 0.5) is 0 Å². The topological polar surface area (TPSA) is 61.8 Å². The van der Waals surface area contributed by atoms with Crippen molar-refractivity contribution < 1.29 is 23.8 Å². The lowest BCUT2D eigenvalue weighted by molar-refractivity contribution is -0.162. The molecular weight excluding hydrogens is 813 g/mol. The summed E-state index contributed by atoms with van der Waals surface area (Å²) in [5.74, 6) is -0.517. The predicted octanol–water partition coefficient (Wildman–Crippen LogP) is 19.2. The minimum atomic E-state index is -0.587. The van der Waals surface area contributed by atoms with Crippen LogP contribution in [-0.4, -0.2) is 37.9 Å². The molecular formula is C61H106O5. The molecule has 0 spiro atoms. The van der Waals surface area contributed by atoms with E-state index in [-0.39, 0.29) is 25.2 Å². The van der Waals surface area contributed by atoms with Crippen LogP contribution in [0.1, 0.15) is 265 Å². The Bertz CT molecular complexity index is 1220. The molecule has 0 aliphatic carbocycles. The van der Waals surface area contributed by atoms with E-state index in [1.165, 1.54) is 161 Å². The van der Waals surface area contributed by atoms with Crippen LogP contribution in [0, 0.1) is 0 Å². The minimum absolute atomic E-state index is 0.0360. The molecule has 0 aromatic rings. The number of esters is 2. The molecule has 0 N–H and O–H groups in total. The van der Waals surface area contributed by atoms with Crippen molar-refractivity contribution in [3.63, 3.8) is 0 Å². The molecule has 0 aliphatic rings. The number of ether oxygens (including phenoxy) is 3. The van der Waals surface area contributed by atoms with Gasteiger partial charge in [0.05, 0.1) is 6.61 Å². The Balaban J connectivity index is 4.43. The average Bonchev–Trinajstić information content (AvgIpc) is 3.32. The first-order valence-electron chi connectivity index (χ1n) is 28.1. The van der Waals surface area contributed by atoms with E-state index in [9.17, 15) is 9.59 Å². The number of carbonyl (C=O) groups excluding carboxylic acids is 2. The summed E-state index contributed by atoms with van der Waals surface area (Å²) >= 11 is 0. The maximum Gasteiger partial charge on any atom is 0.306 e. The third kappa shape index (κ3) is 53.7. The molecule has 0 rings (SSSR count). The van der Waals surface area contributed by atoms with Crippen LogP contribution < -0.4 is 0 Å². The largest absolute Gasteiger partial charge is 0.462 e. The summed E-state index contributed by atoms with van der Waals surface area (Å²) in [5.41, 5.74) is 0. The van der Waals surface area contributed by atoms with Crippen LogP contribution in [0.2, 0.25) is 0 Å². The summed E-state index contributed by atoms with van der Waals surface area (Å²) in [7, 11) is 0. The van der Waals surface area contributed by atoms with E-state index >= 15 is 0 Å². The fourth-order valence-electron chi connectivity index (χ4n) is 7.70. The van der Waals surface area contributed by atoms with Gasteiger partial charge in [0, 0.05) is 19.4 Å². The molecule has 5 heteroatoms. The number of hydrogen-bond donors (Lipinski definition) is 0. The van der Waals surface area contributed by atoms with E-state index in [2.05, 4.69) is 106 Å². The monoisotopic (exact) mass is 919 g/mol. The van der Waals surface area contributed by atoms with Gasteiger partial charge in [-0.25, -0.2) is 0 Å². The minimum Gasteiger partial charge on any atom is -0.462 e. The van der Waals surface area contributed by atoms with Crippen molar-refractivity contribution in [2.45, 2.75) is 271 Å². The third-order valence-corrected chi connectivity index (χ3v) is 11.9. The molecule has 0 aliphatic heterocycles. The molecule has 0 unspecified atom stereocenters. The molecule has 0 saturated carbocycles. The summed E-state index contributed by atoms with van der Waals surface area (Å²) in [6, 6.07) is 0. The molecule has 0 bridgehead atoms. The zero-order valence-corrected chi connectivity index (χ0v) is 43.7. The van der Waals surface area contributed by atoms with Gasteiger partial charge in [-0.3, -0.25) is 9.59 Å². The Labute approximate surface area is 409 Å². The molecule has 0 heterocycles. The first-order chi connectivity index (χ1) is 32.6. The highest BCUT2D eigenvalue weighted by atomic mass is 16.6. The normalized spacial score (nSPS) is 12.8. The van der Waals surface area contributed by atoms with Crippen LogP contribution in [0.25, 0.3) is 0 Å². The van der Waals surface area contributed by atoms with Crippen molar-refractivity contribution in [2.75, 3.05) is 19.8 Å². The molecule has 0 fully saturated rings. The zero-order valence-electron chi connectivity index (χ0n) is 43.7. The van der Waals surface area contributed by atoms with Crippen molar-refractivity contribution in [1.29, 1.82) is 0 Å². The van der Waals surface area contributed by atoms with Crippen molar-refractivity contribution >= 4 is 11.9 Å². The van der Waals surface area contributed by atoms with Crippen LogP contribution in [0.15, 0.2) is 85.1 Å². The lowest BCUT2D eigenvalue weighted by Gasteiger charge is -2.18. The van der Waals surface area contributed by atoms with Gasteiger partial charge in [0.25, 0.3) is 0 Å². The van der Waals surface area contributed by atoms with Crippen molar-refractivity contribution in [2.24, 2.45) is 0 Å². The molecule has 0 amide bonds. The van der Waals surface area contributed by atoms with Gasteiger partial charge in [-0.15, -0.1) is 0 Å². The second-order valence-corrected chi connectivity index (χ2v) is 18.5. The fourth-order valence-corrected chi connectivity index (χ4v) is 7.70. The van der Waals surface area contributed by atoms with Gasteiger partial charge in [-0.05, 0) is 89.9 Å². The van der Waals surface area contributed by atoms with Gasteiger partial charge in [0.1, 0.15) is 6.61 Å². The molecule has 5 nitrogen and oxygen atoms in total. The third-order valence-electron chi connectivity index (χ3n) is 11.9. The summed E-state index contributed by atoms with van der Waals surface area (Å²) in [4.78, 5) is 25.4. The zero-order chi connectivity index (χ0) is 47.7. The quantitative estimate of drug-likeness (QED) is 0.0346. The summed E-state index contributed by atoms with van der Waals surface area (Å²) in [6.07, 6.45) is 74.7. The Kier molecular flexibility index (Phi) is 53.9. The number of rotatable bonds is 51. The first-order valence-corrected chi connectivity index (χ1v) is 28.1. The number of unbranched alkanes of at least 4 members (excludes halogenated alkanes) is 26. The van der Waals surface area contributed by atoms with Crippen molar-refractivity contribution in [3.8, 4) is 0 Å². The molecule has 380 valence electrons. The predicted molar refractivity (Wildman–Crippen MR) is 288 cm³/mol. The summed E-state index contributed by atoms with van der Waals surface area (Å²) < 4.78 is 17.4. The van der Waals surface area contributed by atoms with Gasteiger partial charge in [-0.2, -0.15) is 0 Å². The van der Waals surface area contributed by atoms with E-state index in [4.69, 9.17) is 14.2 Å². The van der Waals surface area contributed by atoms with Gasteiger partial charge in [0.15, 0.2) is 6.10 Å². The fraction of sp³-hybridized carbons (Fsp3) is 0.738. The van der Waals surface area contributed by atoms with E-state index in [0.29, 0.717) is 19.4 Å². The van der Waals surface area contributed by atoms with Gasteiger partial charge in [-0.1, -0.05) is 247 Å². The molecule has 66 heavy (non-hydrogen) atoms. The van der Waals surface area contributed by atoms with E-state index in [1.54, 1.807) is 0 Å². The highest BCUT2D eigenvalue weighted by Gasteiger charge is 2.17. The Hall–Kier alpha value is -2.92. The number of hydrogen-bond acceptors (Lipinski definition) is 5. The maximum atomic E-state index is 12.8. The SMILES string of the molecule is CCCCC/C=C\C/C=C\C/C=C\C/C=C\CCCC(=O)OC[C@@H](COCCCCCCCCCCCCCCCCCC)OC(=O)CCC/C=C\C/C=C\C/C=C\CCCCCCCC. The van der Waals surface area contributed by atoms with Crippen molar-refractivity contribution in [1.82, 2.24) is 0 Å². The highest BCUT2D eigenvalue weighted by molar-refractivity contribution is 5.70. The number of allylic oxidation sites excluding steroid dienone is 14. The molecule has 1 atom stereocenters. The van der Waals surface area contributed by atoms with Crippen LogP contribution in [0.3, 0.4) is 0 Å². The van der Waals surface area contributed by atoms with Gasteiger partial charge >= 0.3 is 11.9 Å². The van der Waals surface area contributed by atoms with Crippen LogP contribution in [-0.2, 0) is 23.8 Å². The lowest BCUT2D eigenvalue weighted by Crippen LogP contribution is -2.30. The lowest BCUT2D eigenvalue weighted by atomic mass is 10.0. The molecule has 0 aromatic carbocycles. The Morgan fingerprint density at radius 1 is 0.333 bits per heavy atom. The Morgan fingerprint density at radius 2 is 0.636 bits per heavy atom. The van der Waals surface area contributed by atoms with E-state index in [1.807, 2.05) is 0 Å². The van der Waals surface area contributed by atoms with E-state index < -0.39 is 6.10 Å². The second-order valence-electron chi connectivity index (χ2n) is 18.5. The van der Waals surface area contributed by atoms with E-state index in [0.717, 1.165) is 70.6 Å². The highest BCUT2D eigenvalue weighted by Crippen LogP contribution is 2.15. The Morgan fingerprint density at radius 3 is 1.05 bits per heavy atom. The first kappa shape index (κ1) is 63.1. The maximum absolute atomic E-state index is 12.8. The molecule has 0 saturated heterocycles.